The van der Waals surface area contributed by atoms with Crippen molar-refractivity contribution in [2.75, 3.05) is 0 Å². The van der Waals surface area contributed by atoms with Gasteiger partial charge in [-0.05, 0) is 78.3 Å². The topological polar surface area (TPSA) is 25.2 Å². The van der Waals surface area contributed by atoms with Crippen molar-refractivity contribution in [2.45, 2.75) is 13.0 Å². The number of nitrogens with zero attached hydrogens (tertiary/aromatic N) is 2. The molecule has 1 aliphatic heterocycles. The SMILES string of the molecule is C1=C\C/C=C\c2ccc(-c3ccc(-c4sc(-c5ccc6ccc7cccc8ccc5c6c78)c(-c5ccccc5)c4-c4ccccc4)c4ccccc34)nc2C\N=C/1. The highest BCUT2D eigenvalue weighted by Gasteiger charge is 2.26. The van der Waals surface area contributed by atoms with Crippen molar-refractivity contribution in [1.82, 2.24) is 4.98 Å². The second-order valence-corrected chi connectivity index (χ2v) is 15.7. The molecule has 3 heterocycles. The first kappa shape index (κ1) is 33.4. The summed E-state index contributed by atoms with van der Waals surface area (Å²) < 4.78 is 0. The first-order valence-corrected chi connectivity index (χ1v) is 20.4. The molecule has 57 heavy (non-hydrogen) atoms. The van der Waals surface area contributed by atoms with Crippen LogP contribution in [-0.4, -0.2) is 11.2 Å². The minimum Gasteiger partial charge on any atom is -0.287 e. The van der Waals surface area contributed by atoms with Crippen molar-refractivity contribution < 1.29 is 0 Å². The zero-order valence-corrected chi connectivity index (χ0v) is 32.0. The van der Waals surface area contributed by atoms with Gasteiger partial charge >= 0.3 is 0 Å². The van der Waals surface area contributed by atoms with Gasteiger partial charge in [0.25, 0.3) is 0 Å². The Hall–Kier alpha value is -6.94. The van der Waals surface area contributed by atoms with E-state index >= 15 is 0 Å². The van der Waals surface area contributed by atoms with Crippen molar-refractivity contribution in [1.29, 1.82) is 0 Å². The molecule has 0 fully saturated rings. The van der Waals surface area contributed by atoms with Crippen LogP contribution >= 0.6 is 11.3 Å². The lowest BCUT2D eigenvalue weighted by atomic mass is 9.87. The van der Waals surface area contributed by atoms with Crippen molar-refractivity contribution in [3.63, 3.8) is 0 Å². The molecule has 3 heteroatoms. The molecule has 2 nitrogen and oxygen atoms in total. The quantitative estimate of drug-likeness (QED) is 0.161. The van der Waals surface area contributed by atoms with E-state index in [9.17, 15) is 0 Å². The van der Waals surface area contributed by atoms with Gasteiger partial charge in [0.1, 0.15) is 0 Å². The van der Waals surface area contributed by atoms with Gasteiger partial charge in [-0.1, -0.05) is 176 Å². The van der Waals surface area contributed by atoms with E-state index in [0.29, 0.717) is 6.54 Å². The van der Waals surface area contributed by atoms with Crippen LogP contribution in [0.4, 0.5) is 0 Å². The van der Waals surface area contributed by atoms with E-state index < -0.39 is 0 Å². The van der Waals surface area contributed by atoms with Gasteiger partial charge < -0.3 is 0 Å². The molecule has 0 saturated heterocycles. The molecule has 8 aromatic carbocycles. The van der Waals surface area contributed by atoms with E-state index in [4.69, 9.17) is 4.98 Å². The fraction of sp³-hybridized carbons (Fsp3) is 0.0370. The third-order valence-corrected chi connectivity index (χ3v) is 12.7. The lowest BCUT2D eigenvalue weighted by Gasteiger charge is -2.15. The van der Waals surface area contributed by atoms with Crippen LogP contribution in [0.25, 0.3) is 104 Å². The van der Waals surface area contributed by atoms with Gasteiger partial charge in [0.05, 0.1) is 17.9 Å². The summed E-state index contributed by atoms with van der Waals surface area (Å²) in [6.07, 6.45) is 11.2. The predicted molar refractivity (Wildman–Crippen MR) is 245 cm³/mol. The molecular formula is C54H36N2S. The number of allylic oxidation sites excluding steroid dienone is 3. The Kier molecular flexibility index (Phi) is 8.19. The molecule has 11 rings (SSSR count). The van der Waals surface area contributed by atoms with Crippen LogP contribution < -0.4 is 0 Å². The Balaban J connectivity index is 1.18. The average Bonchev–Trinajstić information content (AvgIpc) is 3.67. The first-order valence-electron chi connectivity index (χ1n) is 19.6. The second kappa shape index (κ2) is 14.0. The maximum Gasteiger partial charge on any atom is 0.0818 e. The Morgan fingerprint density at radius 3 is 1.79 bits per heavy atom. The Morgan fingerprint density at radius 2 is 1.05 bits per heavy atom. The van der Waals surface area contributed by atoms with Gasteiger partial charge in [-0.2, -0.15) is 0 Å². The number of fused-ring (bicyclic) bond motifs is 2. The maximum atomic E-state index is 5.25. The Bertz CT molecular complexity index is 3210. The lowest BCUT2D eigenvalue weighted by molar-refractivity contribution is 0.993. The Labute approximate surface area is 335 Å². The van der Waals surface area contributed by atoms with Crippen LogP contribution in [0, 0.1) is 0 Å². The summed E-state index contributed by atoms with van der Waals surface area (Å²) >= 11 is 1.91. The number of thiophene rings is 1. The van der Waals surface area contributed by atoms with Crippen LogP contribution in [0.15, 0.2) is 187 Å². The summed E-state index contributed by atoms with van der Waals surface area (Å²) in [5, 5.41) is 10.2. The Morgan fingerprint density at radius 1 is 0.456 bits per heavy atom. The summed E-state index contributed by atoms with van der Waals surface area (Å²) in [6, 6.07) is 60.2. The maximum absolute atomic E-state index is 5.25. The van der Waals surface area contributed by atoms with E-state index in [-0.39, 0.29) is 0 Å². The van der Waals surface area contributed by atoms with E-state index in [1.807, 2.05) is 23.6 Å². The van der Waals surface area contributed by atoms with Gasteiger partial charge in [0, 0.05) is 43.8 Å². The summed E-state index contributed by atoms with van der Waals surface area (Å²) in [5.41, 5.74) is 11.6. The monoisotopic (exact) mass is 744 g/mol. The van der Waals surface area contributed by atoms with Crippen LogP contribution in [0.2, 0.25) is 0 Å². The summed E-state index contributed by atoms with van der Waals surface area (Å²) in [7, 11) is 0. The van der Waals surface area contributed by atoms with Gasteiger partial charge in [0.2, 0.25) is 0 Å². The standard InChI is InChI=1S/C54H36N2S/c1-2-12-33-55-34-48-35(14-5-1)27-32-47(56-48)43-30-31-45(42-22-11-10-21-41(42)43)53-51(36-15-6-3-7-16-36)52(37-17-8-4-9-18-37)54(57-53)46-29-26-40-24-23-38-19-13-20-39-25-28-44(46)50(40)49(38)39/h2-33H,1,34H2/b12-2-,14-5-,55-33-. The molecule has 268 valence electrons. The molecule has 0 aliphatic carbocycles. The molecule has 0 saturated carbocycles. The number of benzene rings is 8. The number of hydrogen-bond acceptors (Lipinski definition) is 3. The third-order valence-electron chi connectivity index (χ3n) is 11.4. The fourth-order valence-electron chi connectivity index (χ4n) is 8.78. The summed E-state index contributed by atoms with van der Waals surface area (Å²) in [5.74, 6) is 0. The van der Waals surface area contributed by atoms with Crippen molar-refractivity contribution in [3.05, 3.63) is 193 Å². The molecule has 10 aromatic rings. The second-order valence-electron chi connectivity index (χ2n) is 14.7. The predicted octanol–water partition coefficient (Wildman–Crippen LogP) is 15.1. The van der Waals surface area contributed by atoms with E-state index in [1.54, 1.807) is 0 Å². The molecule has 2 aromatic heterocycles. The number of aliphatic imine (C=N–C) groups is 1. The number of rotatable bonds is 5. The van der Waals surface area contributed by atoms with Gasteiger partial charge in [-0.15, -0.1) is 11.3 Å². The number of aromatic nitrogens is 1. The van der Waals surface area contributed by atoms with Gasteiger partial charge in [0.15, 0.2) is 0 Å². The highest BCUT2D eigenvalue weighted by Crippen LogP contribution is 2.55. The van der Waals surface area contributed by atoms with Crippen molar-refractivity contribution in [3.8, 4) is 54.4 Å². The number of pyridine rings is 1. The highest BCUT2D eigenvalue weighted by atomic mass is 32.1. The molecule has 0 radical (unpaired) electrons. The fourth-order valence-corrected chi connectivity index (χ4v) is 10.2. The molecule has 1 aliphatic rings. The van der Waals surface area contributed by atoms with Gasteiger partial charge in [-0.25, -0.2) is 0 Å². The minimum atomic E-state index is 0.539. The van der Waals surface area contributed by atoms with Crippen LogP contribution in [-0.2, 0) is 6.54 Å². The molecule has 0 bridgehead atoms. The molecular weight excluding hydrogens is 709 g/mol. The zero-order chi connectivity index (χ0) is 37.7. The van der Waals surface area contributed by atoms with Crippen LogP contribution in [0.3, 0.4) is 0 Å². The van der Waals surface area contributed by atoms with Gasteiger partial charge in [-0.3, -0.25) is 9.98 Å². The first-order chi connectivity index (χ1) is 28.3. The zero-order valence-electron chi connectivity index (χ0n) is 31.2. The minimum absolute atomic E-state index is 0.539. The lowest BCUT2D eigenvalue weighted by Crippen LogP contribution is -1.97. The summed E-state index contributed by atoms with van der Waals surface area (Å²) in [4.78, 5) is 12.4. The third kappa shape index (κ3) is 5.70. The molecule has 0 unspecified atom stereocenters. The van der Waals surface area contributed by atoms with E-state index in [1.165, 1.54) is 86.2 Å². The van der Waals surface area contributed by atoms with Crippen LogP contribution in [0.1, 0.15) is 17.7 Å². The van der Waals surface area contributed by atoms with Crippen molar-refractivity contribution in [2.24, 2.45) is 4.99 Å². The van der Waals surface area contributed by atoms with Crippen LogP contribution in [0.5, 0.6) is 0 Å². The molecule has 0 amide bonds. The summed E-state index contributed by atoms with van der Waals surface area (Å²) in [6.45, 7) is 0.539. The van der Waals surface area contributed by atoms with E-state index in [2.05, 4.69) is 187 Å². The van der Waals surface area contributed by atoms with Crippen molar-refractivity contribution >= 4 is 66.7 Å². The number of hydrogen-bond donors (Lipinski definition) is 0. The largest absolute Gasteiger partial charge is 0.287 e. The molecule has 0 N–H and O–H groups in total. The van der Waals surface area contributed by atoms with E-state index in [0.717, 1.165) is 28.9 Å². The average molecular weight is 745 g/mol. The molecule has 0 atom stereocenters. The highest BCUT2D eigenvalue weighted by molar-refractivity contribution is 7.20. The smallest absolute Gasteiger partial charge is 0.0818 e. The normalized spacial score (nSPS) is 14.6. The molecule has 0 spiro atoms.